The van der Waals surface area contributed by atoms with Gasteiger partial charge >= 0.3 is 0 Å². The highest BCUT2D eigenvalue weighted by molar-refractivity contribution is 9.10. The monoisotopic (exact) mass is 311 g/mol. The number of halogens is 1. The first-order valence-electron chi connectivity index (χ1n) is 6.26. The van der Waals surface area contributed by atoms with E-state index in [1.165, 1.54) is 0 Å². The van der Waals surface area contributed by atoms with Gasteiger partial charge in [0.2, 0.25) is 5.91 Å². The summed E-state index contributed by atoms with van der Waals surface area (Å²) in [6.07, 6.45) is 3.79. The van der Waals surface area contributed by atoms with E-state index in [9.17, 15) is 4.79 Å². The van der Waals surface area contributed by atoms with Crippen molar-refractivity contribution in [3.63, 3.8) is 0 Å². The summed E-state index contributed by atoms with van der Waals surface area (Å²) in [5.74, 6) is 0.106. The van der Waals surface area contributed by atoms with Crippen molar-refractivity contribution in [1.29, 1.82) is 0 Å². The zero-order chi connectivity index (χ0) is 13.1. The fourth-order valence-electron chi connectivity index (χ4n) is 2.36. The molecule has 2 rings (SSSR count). The lowest BCUT2D eigenvalue weighted by Gasteiger charge is -2.25. The van der Waals surface area contributed by atoms with E-state index in [0.29, 0.717) is 0 Å². The van der Waals surface area contributed by atoms with Gasteiger partial charge in [-0.3, -0.25) is 4.79 Å². The first-order valence-corrected chi connectivity index (χ1v) is 7.05. The number of aryl methyl sites for hydroxylation is 1. The number of carbonyl (C=O) groups excluding carboxylic acids is 1. The molecule has 0 spiro atoms. The largest absolute Gasteiger partial charge is 0.328 e. The molecule has 1 aliphatic carbocycles. The Balaban J connectivity index is 2.02. The number of carbonyl (C=O) groups is 1. The van der Waals surface area contributed by atoms with Gasteiger partial charge < -0.3 is 11.1 Å². The van der Waals surface area contributed by atoms with E-state index in [4.69, 9.17) is 5.73 Å². The summed E-state index contributed by atoms with van der Waals surface area (Å²) < 4.78 is 0.776. The highest BCUT2D eigenvalue weighted by atomic mass is 79.9. The molecule has 98 valence electrons. The highest BCUT2D eigenvalue weighted by Gasteiger charge is 2.25. The molecule has 2 unspecified atom stereocenters. The molecule has 1 amide bonds. The summed E-state index contributed by atoms with van der Waals surface area (Å²) >= 11 is 3.31. The smallest absolute Gasteiger partial charge is 0.227 e. The maximum Gasteiger partial charge on any atom is 0.227 e. The predicted molar refractivity (Wildman–Crippen MR) is 75.2 cm³/mol. The van der Waals surface area contributed by atoms with E-state index < -0.39 is 0 Å². The van der Waals surface area contributed by atoms with Crippen LogP contribution in [0.15, 0.2) is 16.7 Å². The van der Waals surface area contributed by atoms with Crippen LogP contribution < -0.4 is 11.1 Å². The van der Waals surface area contributed by atoms with Gasteiger partial charge in [0.15, 0.2) is 0 Å². The van der Waals surface area contributed by atoms with Crippen LogP contribution >= 0.6 is 15.9 Å². The zero-order valence-electron chi connectivity index (χ0n) is 10.4. The topological polar surface area (TPSA) is 68.0 Å². The summed E-state index contributed by atoms with van der Waals surface area (Å²) in [5.41, 5.74) is 7.50. The van der Waals surface area contributed by atoms with Crippen LogP contribution in [0.2, 0.25) is 0 Å². The number of pyridine rings is 1. The molecule has 1 saturated carbocycles. The average molecular weight is 312 g/mol. The number of nitrogens with two attached hydrogens (primary N) is 1. The van der Waals surface area contributed by atoms with Crippen molar-refractivity contribution in [1.82, 2.24) is 4.98 Å². The van der Waals surface area contributed by atoms with Crippen LogP contribution in [0.4, 0.5) is 5.69 Å². The molecular weight excluding hydrogens is 294 g/mol. The van der Waals surface area contributed by atoms with Crippen LogP contribution in [0, 0.1) is 12.8 Å². The van der Waals surface area contributed by atoms with Gasteiger partial charge in [-0.15, -0.1) is 0 Å². The first-order chi connectivity index (χ1) is 8.56. The number of nitrogens with one attached hydrogen (secondary N) is 1. The molecule has 0 radical (unpaired) electrons. The molecule has 0 aromatic carbocycles. The highest BCUT2D eigenvalue weighted by Crippen LogP contribution is 2.25. The fourth-order valence-corrected chi connectivity index (χ4v) is 2.76. The van der Waals surface area contributed by atoms with Crippen molar-refractivity contribution < 1.29 is 4.79 Å². The quantitative estimate of drug-likeness (QED) is 0.825. The van der Waals surface area contributed by atoms with Crippen LogP contribution in [-0.2, 0) is 4.79 Å². The number of hydrogen-bond acceptors (Lipinski definition) is 3. The minimum Gasteiger partial charge on any atom is -0.328 e. The lowest BCUT2D eigenvalue weighted by Crippen LogP contribution is -2.34. The van der Waals surface area contributed by atoms with Crippen LogP contribution in [0.3, 0.4) is 0 Å². The van der Waals surface area contributed by atoms with Crippen molar-refractivity contribution in [3.05, 3.63) is 22.4 Å². The molecule has 0 saturated heterocycles. The number of hydrogen-bond donors (Lipinski definition) is 2. The summed E-state index contributed by atoms with van der Waals surface area (Å²) in [4.78, 5) is 16.4. The number of amides is 1. The maximum atomic E-state index is 12.1. The standard InChI is InChI=1S/C13H18BrN3O/c1-8-11(5-6-12(14)16-8)17-13(18)9-3-2-4-10(15)7-9/h5-6,9-10H,2-4,7,15H2,1H3,(H,17,18). The van der Waals surface area contributed by atoms with Crippen LogP contribution in [0.1, 0.15) is 31.4 Å². The molecule has 2 atom stereocenters. The summed E-state index contributed by atoms with van der Waals surface area (Å²) in [5, 5.41) is 2.95. The number of rotatable bonds is 2. The SMILES string of the molecule is Cc1nc(Br)ccc1NC(=O)C1CCCC(N)C1. The molecule has 3 N–H and O–H groups in total. The minimum atomic E-state index is 0.0387. The normalized spacial score (nSPS) is 23.7. The van der Waals surface area contributed by atoms with Gasteiger partial charge in [-0.2, -0.15) is 0 Å². The van der Waals surface area contributed by atoms with Gasteiger partial charge in [0.25, 0.3) is 0 Å². The Hall–Kier alpha value is -0.940. The van der Waals surface area contributed by atoms with E-state index in [2.05, 4.69) is 26.2 Å². The van der Waals surface area contributed by atoms with Crippen molar-refractivity contribution >= 4 is 27.5 Å². The molecule has 0 bridgehead atoms. The Morgan fingerprint density at radius 1 is 1.50 bits per heavy atom. The second-order valence-electron chi connectivity index (χ2n) is 4.88. The van der Waals surface area contributed by atoms with E-state index in [-0.39, 0.29) is 17.9 Å². The van der Waals surface area contributed by atoms with Gasteiger partial charge in [0.1, 0.15) is 4.60 Å². The molecule has 0 aliphatic heterocycles. The third-order valence-corrected chi connectivity index (χ3v) is 3.84. The summed E-state index contributed by atoms with van der Waals surface area (Å²) in [6, 6.07) is 3.86. The van der Waals surface area contributed by atoms with Crippen LogP contribution in [0.25, 0.3) is 0 Å². The van der Waals surface area contributed by atoms with E-state index in [1.54, 1.807) is 0 Å². The van der Waals surface area contributed by atoms with Gasteiger partial charge in [-0.1, -0.05) is 6.42 Å². The van der Waals surface area contributed by atoms with Crippen molar-refractivity contribution in [2.75, 3.05) is 5.32 Å². The molecular formula is C13H18BrN3O. The Morgan fingerprint density at radius 2 is 2.28 bits per heavy atom. The van der Waals surface area contributed by atoms with Gasteiger partial charge in [0, 0.05) is 12.0 Å². The molecule has 1 aliphatic rings. The Labute approximate surface area is 115 Å². The molecule has 5 heteroatoms. The van der Waals surface area contributed by atoms with E-state index in [1.807, 2.05) is 19.1 Å². The van der Waals surface area contributed by atoms with E-state index in [0.717, 1.165) is 41.7 Å². The molecule has 1 aromatic rings. The third kappa shape index (κ3) is 3.29. The van der Waals surface area contributed by atoms with Gasteiger partial charge in [0.05, 0.1) is 11.4 Å². The molecule has 1 aromatic heterocycles. The Morgan fingerprint density at radius 3 is 2.94 bits per heavy atom. The average Bonchev–Trinajstić information content (AvgIpc) is 2.32. The number of nitrogens with zero attached hydrogens (tertiary/aromatic N) is 1. The predicted octanol–water partition coefficient (Wildman–Crippen LogP) is 2.61. The maximum absolute atomic E-state index is 12.1. The van der Waals surface area contributed by atoms with Crippen molar-refractivity contribution in [3.8, 4) is 0 Å². The van der Waals surface area contributed by atoms with Crippen LogP contribution in [0.5, 0.6) is 0 Å². The summed E-state index contributed by atoms with van der Waals surface area (Å²) in [7, 11) is 0. The third-order valence-electron chi connectivity index (χ3n) is 3.40. The first kappa shape index (κ1) is 13.5. The van der Waals surface area contributed by atoms with Gasteiger partial charge in [-0.25, -0.2) is 4.98 Å². The van der Waals surface area contributed by atoms with Crippen LogP contribution in [-0.4, -0.2) is 16.9 Å². The lowest BCUT2D eigenvalue weighted by atomic mass is 9.85. The summed E-state index contributed by atoms with van der Waals surface area (Å²) in [6.45, 7) is 1.88. The van der Waals surface area contributed by atoms with E-state index >= 15 is 0 Å². The molecule has 18 heavy (non-hydrogen) atoms. The number of aromatic nitrogens is 1. The zero-order valence-corrected chi connectivity index (χ0v) is 12.0. The number of anilines is 1. The van der Waals surface area contributed by atoms with Crippen molar-refractivity contribution in [2.45, 2.75) is 38.6 Å². The van der Waals surface area contributed by atoms with Crippen molar-refractivity contribution in [2.24, 2.45) is 11.7 Å². The second-order valence-corrected chi connectivity index (χ2v) is 5.69. The molecule has 1 heterocycles. The lowest BCUT2D eigenvalue weighted by molar-refractivity contribution is -0.120. The minimum absolute atomic E-state index is 0.0387. The molecule has 4 nitrogen and oxygen atoms in total. The molecule has 1 fully saturated rings. The van der Waals surface area contributed by atoms with Gasteiger partial charge in [-0.05, 0) is 54.2 Å². The Bertz CT molecular complexity index is 450. The fraction of sp³-hybridized carbons (Fsp3) is 0.538. The second kappa shape index (κ2) is 5.80. The Kier molecular flexibility index (Phi) is 4.35.